The highest BCUT2D eigenvalue weighted by Crippen LogP contribution is 2.42. The molecule has 3 atom stereocenters. The first-order chi connectivity index (χ1) is 15.1. The summed E-state index contributed by atoms with van der Waals surface area (Å²) < 4.78 is 6.37. The third kappa shape index (κ3) is 6.69. The molecule has 0 aromatic heterocycles. The van der Waals surface area contributed by atoms with E-state index in [9.17, 15) is 9.59 Å². The minimum atomic E-state index is -0.105. The zero-order chi connectivity index (χ0) is 21.6. The molecule has 4 rings (SSSR count). The van der Waals surface area contributed by atoms with Gasteiger partial charge < -0.3 is 25.6 Å². The van der Waals surface area contributed by atoms with Crippen LogP contribution in [0.15, 0.2) is 11.3 Å². The predicted molar refractivity (Wildman–Crippen MR) is 120 cm³/mol. The molecule has 31 heavy (non-hydrogen) atoms. The molecule has 2 amide bonds. The molecular weight excluding hydrogens is 392 g/mol. The van der Waals surface area contributed by atoms with Gasteiger partial charge in [-0.25, -0.2) is 0 Å². The average Bonchev–Trinajstić information content (AvgIpc) is 3.65. The van der Waals surface area contributed by atoms with Crippen molar-refractivity contribution < 1.29 is 14.3 Å². The van der Waals surface area contributed by atoms with Gasteiger partial charge in [0.1, 0.15) is 0 Å². The van der Waals surface area contributed by atoms with Crippen molar-refractivity contribution in [2.45, 2.75) is 76.4 Å². The summed E-state index contributed by atoms with van der Waals surface area (Å²) in [6, 6.07) is 0.309. The Morgan fingerprint density at radius 2 is 1.65 bits per heavy atom. The fourth-order valence-corrected chi connectivity index (χ4v) is 5.30. The van der Waals surface area contributed by atoms with Crippen molar-refractivity contribution in [2.75, 3.05) is 39.8 Å². The number of likely N-dealkylation sites (N-methyl/N-ethyl adjacent to an activating group) is 1. The van der Waals surface area contributed by atoms with Crippen molar-refractivity contribution in [1.82, 2.24) is 20.9 Å². The molecule has 3 unspecified atom stereocenters. The van der Waals surface area contributed by atoms with Crippen LogP contribution in [0, 0.1) is 11.8 Å². The second-order valence-corrected chi connectivity index (χ2v) is 9.84. The monoisotopic (exact) mass is 432 g/mol. The van der Waals surface area contributed by atoms with E-state index in [2.05, 4.69) is 20.9 Å². The number of nitrogens with one attached hydrogen (secondary N) is 3. The molecule has 0 aromatic rings. The van der Waals surface area contributed by atoms with Crippen molar-refractivity contribution in [3.63, 3.8) is 0 Å². The highest BCUT2D eigenvalue weighted by atomic mass is 16.5. The highest BCUT2D eigenvalue weighted by Gasteiger charge is 2.38. The Balaban J connectivity index is 1.43. The number of allylic oxidation sites excluding steroid dienone is 1. The Morgan fingerprint density at radius 3 is 2.42 bits per heavy atom. The molecule has 7 heteroatoms. The summed E-state index contributed by atoms with van der Waals surface area (Å²) in [6.45, 7) is 2.61. The number of hydrogen-bond acceptors (Lipinski definition) is 5. The fourth-order valence-electron chi connectivity index (χ4n) is 5.30. The van der Waals surface area contributed by atoms with E-state index in [-0.39, 0.29) is 24.9 Å². The smallest absolute Gasteiger partial charge is 0.239 e. The Morgan fingerprint density at radius 1 is 0.871 bits per heavy atom. The number of nitrogens with zero attached hydrogens (tertiary/aromatic N) is 1. The van der Waals surface area contributed by atoms with Gasteiger partial charge in [0.25, 0.3) is 0 Å². The van der Waals surface area contributed by atoms with Gasteiger partial charge in [-0.1, -0.05) is 12.8 Å². The van der Waals surface area contributed by atoms with E-state index in [4.69, 9.17) is 4.74 Å². The van der Waals surface area contributed by atoms with Gasteiger partial charge in [0.15, 0.2) is 0 Å². The minimum Gasteiger partial charge on any atom is -0.377 e. The summed E-state index contributed by atoms with van der Waals surface area (Å²) in [5.74, 6) is 1.05. The zero-order valence-corrected chi connectivity index (χ0v) is 19.1. The van der Waals surface area contributed by atoms with Crippen molar-refractivity contribution in [1.29, 1.82) is 0 Å². The van der Waals surface area contributed by atoms with Crippen LogP contribution in [0.2, 0.25) is 0 Å². The maximum absolute atomic E-state index is 12.5. The van der Waals surface area contributed by atoms with Crippen molar-refractivity contribution >= 4 is 11.8 Å². The van der Waals surface area contributed by atoms with Gasteiger partial charge in [-0.15, -0.1) is 0 Å². The molecular formula is C24H40N4O3. The molecule has 1 saturated heterocycles. The first-order valence-electron chi connectivity index (χ1n) is 12.4. The lowest BCUT2D eigenvalue weighted by atomic mass is 9.83. The van der Waals surface area contributed by atoms with E-state index in [1.165, 1.54) is 43.4 Å². The Hall–Kier alpha value is -1.60. The first kappa shape index (κ1) is 22.6. The maximum atomic E-state index is 12.5. The Labute approximate surface area is 186 Å². The third-order valence-electron chi connectivity index (χ3n) is 7.20. The summed E-state index contributed by atoms with van der Waals surface area (Å²) in [4.78, 5) is 26.7. The quantitative estimate of drug-likeness (QED) is 0.590. The van der Waals surface area contributed by atoms with Crippen LogP contribution in [0.25, 0.3) is 0 Å². The molecule has 1 heterocycles. The number of fused-ring (bicyclic) bond motifs is 1. The van der Waals surface area contributed by atoms with Crippen LogP contribution in [-0.4, -0.2) is 68.7 Å². The molecule has 0 aromatic carbocycles. The average molecular weight is 433 g/mol. The molecule has 1 aliphatic heterocycles. The molecule has 0 radical (unpaired) electrons. The normalized spacial score (nSPS) is 32.4. The largest absolute Gasteiger partial charge is 0.377 e. The van der Waals surface area contributed by atoms with Crippen molar-refractivity contribution in [2.24, 2.45) is 11.8 Å². The van der Waals surface area contributed by atoms with E-state index in [0.29, 0.717) is 30.5 Å². The summed E-state index contributed by atoms with van der Waals surface area (Å²) in [5.41, 5.74) is 2.78. The SMILES string of the molecule is CN1CC(=O)NCC(=O)NCCCC2CCCCC2OCCNC(C2CC2)C1=C1CC1. The Bertz CT molecular complexity index is 670. The fraction of sp³-hybridized carbons (Fsp3) is 0.833. The molecule has 0 bridgehead atoms. The third-order valence-corrected chi connectivity index (χ3v) is 7.20. The number of amides is 2. The van der Waals surface area contributed by atoms with Crippen LogP contribution in [0.1, 0.15) is 64.2 Å². The highest BCUT2D eigenvalue weighted by molar-refractivity contribution is 5.85. The van der Waals surface area contributed by atoms with Gasteiger partial charge in [0.05, 0.1) is 31.8 Å². The van der Waals surface area contributed by atoms with Crippen LogP contribution in [-0.2, 0) is 14.3 Å². The van der Waals surface area contributed by atoms with Crippen LogP contribution >= 0.6 is 0 Å². The molecule has 174 valence electrons. The molecule has 3 aliphatic carbocycles. The van der Waals surface area contributed by atoms with Crippen LogP contribution < -0.4 is 16.0 Å². The van der Waals surface area contributed by atoms with E-state index < -0.39 is 0 Å². The number of hydrogen-bond donors (Lipinski definition) is 3. The summed E-state index contributed by atoms with van der Waals surface area (Å²) in [7, 11) is 2.01. The van der Waals surface area contributed by atoms with Crippen molar-refractivity contribution in [3.8, 4) is 0 Å². The lowest BCUT2D eigenvalue weighted by Crippen LogP contribution is -2.45. The second kappa shape index (κ2) is 10.8. The maximum Gasteiger partial charge on any atom is 0.239 e. The lowest BCUT2D eigenvalue weighted by molar-refractivity contribution is -0.126. The van der Waals surface area contributed by atoms with Crippen molar-refractivity contribution in [3.05, 3.63) is 11.3 Å². The molecule has 4 fully saturated rings. The lowest BCUT2D eigenvalue weighted by Gasteiger charge is -2.33. The number of carbonyl (C=O) groups excluding carboxylic acids is 2. The van der Waals surface area contributed by atoms with E-state index >= 15 is 0 Å². The molecule has 3 saturated carbocycles. The van der Waals surface area contributed by atoms with Gasteiger partial charge in [0, 0.05) is 25.8 Å². The van der Waals surface area contributed by atoms with Gasteiger partial charge in [-0.05, 0) is 68.8 Å². The number of rotatable bonds is 1. The topological polar surface area (TPSA) is 82.7 Å². The van der Waals surface area contributed by atoms with Crippen LogP contribution in [0.3, 0.4) is 0 Å². The van der Waals surface area contributed by atoms with Gasteiger partial charge >= 0.3 is 0 Å². The van der Waals surface area contributed by atoms with Crippen LogP contribution in [0.5, 0.6) is 0 Å². The molecule has 3 N–H and O–H groups in total. The summed E-state index contributed by atoms with van der Waals surface area (Å²) >= 11 is 0. The minimum absolute atomic E-state index is 0.0536. The predicted octanol–water partition coefficient (Wildman–Crippen LogP) is 1.94. The Kier molecular flexibility index (Phi) is 7.88. The van der Waals surface area contributed by atoms with Gasteiger partial charge in [0.2, 0.25) is 11.8 Å². The molecule has 0 spiro atoms. The molecule has 7 nitrogen and oxygen atoms in total. The van der Waals surface area contributed by atoms with Crippen LogP contribution in [0.4, 0.5) is 0 Å². The first-order valence-corrected chi connectivity index (χ1v) is 12.4. The summed E-state index contributed by atoms with van der Waals surface area (Å²) in [5, 5.41) is 9.53. The standard InChI is InChI=1S/C24H40N4O3/c1-28-16-22(30)27-15-21(29)25-12-4-6-17-5-2-3-7-20(17)31-14-13-26-23(18-8-9-18)24(28)19-10-11-19/h17-18,20,23,26H,2-16H2,1H3,(H,25,29)(H,27,30). The summed E-state index contributed by atoms with van der Waals surface area (Å²) in [6.07, 6.45) is 12.1. The zero-order valence-electron chi connectivity index (χ0n) is 19.1. The molecule has 4 aliphatic rings. The van der Waals surface area contributed by atoms with E-state index in [0.717, 1.165) is 45.3 Å². The van der Waals surface area contributed by atoms with Gasteiger partial charge in [-0.2, -0.15) is 0 Å². The second-order valence-electron chi connectivity index (χ2n) is 9.84. The number of carbonyl (C=O) groups is 2. The van der Waals surface area contributed by atoms with E-state index in [1.807, 2.05) is 7.05 Å². The number of ether oxygens (including phenoxy) is 1. The van der Waals surface area contributed by atoms with E-state index in [1.54, 1.807) is 0 Å². The van der Waals surface area contributed by atoms with Gasteiger partial charge in [-0.3, -0.25) is 9.59 Å².